The highest BCUT2D eigenvalue weighted by Crippen LogP contribution is 2.28. The molecule has 0 spiro atoms. The molecule has 2 aromatic rings. The second-order valence-corrected chi connectivity index (χ2v) is 6.19. The highest BCUT2D eigenvalue weighted by molar-refractivity contribution is 5.73. The first kappa shape index (κ1) is 18.3. The summed E-state index contributed by atoms with van der Waals surface area (Å²) < 4.78 is 10.9. The lowest BCUT2D eigenvalue weighted by Gasteiger charge is -2.41. The van der Waals surface area contributed by atoms with E-state index in [0.717, 1.165) is 13.1 Å². The van der Waals surface area contributed by atoms with Crippen LogP contribution in [0.1, 0.15) is 30.2 Å². The molecule has 8 nitrogen and oxygen atoms in total. The summed E-state index contributed by atoms with van der Waals surface area (Å²) in [4.78, 5) is 18.5. The molecule has 0 aliphatic carbocycles. The van der Waals surface area contributed by atoms with Gasteiger partial charge in [-0.05, 0) is 12.1 Å². The van der Waals surface area contributed by atoms with E-state index in [9.17, 15) is 4.79 Å². The third kappa shape index (κ3) is 4.59. The number of nitrogens with zero attached hydrogens (tertiary/aromatic N) is 3. The molecular formula is C18H25N5O3. The molecule has 1 aliphatic heterocycles. The van der Waals surface area contributed by atoms with Gasteiger partial charge in [0.1, 0.15) is 0 Å². The topological polar surface area (TPSA) is 92.5 Å². The van der Waals surface area contributed by atoms with Crippen molar-refractivity contribution in [3.63, 3.8) is 0 Å². The fraction of sp³-hybridized carbons (Fsp3) is 0.500. The van der Waals surface area contributed by atoms with Crippen LogP contribution in [0.4, 0.5) is 4.79 Å². The Balaban J connectivity index is 1.56. The molecule has 1 fully saturated rings. The van der Waals surface area contributed by atoms with E-state index in [1.807, 2.05) is 18.2 Å². The Labute approximate surface area is 152 Å². The number of amides is 2. The average molecular weight is 359 g/mol. The van der Waals surface area contributed by atoms with Crippen LogP contribution >= 0.6 is 0 Å². The van der Waals surface area contributed by atoms with Crippen molar-refractivity contribution in [2.24, 2.45) is 0 Å². The van der Waals surface area contributed by atoms with Crippen molar-refractivity contribution >= 4 is 6.03 Å². The molecule has 26 heavy (non-hydrogen) atoms. The first-order valence-corrected chi connectivity index (χ1v) is 8.89. The van der Waals surface area contributed by atoms with Gasteiger partial charge in [-0.3, -0.25) is 4.90 Å². The average Bonchev–Trinajstić information content (AvgIpc) is 3.10. The Morgan fingerprint density at radius 2 is 2.12 bits per heavy atom. The molecule has 2 heterocycles. The first-order chi connectivity index (χ1) is 12.7. The molecule has 1 aliphatic rings. The van der Waals surface area contributed by atoms with Crippen molar-refractivity contribution in [1.82, 2.24) is 25.7 Å². The van der Waals surface area contributed by atoms with Gasteiger partial charge >= 0.3 is 6.03 Å². The van der Waals surface area contributed by atoms with Gasteiger partial charge in [0, 0.05) is 20.0 Å². The monoisotopic (exact) mass is 359 g/mol. The first-order valence-electron chi connectivity index (χ1n) is 8.89. The molecule has 8 heteroatoms. The molecular weight excluding hydrogens is 334 g/mol. The van der Waals surface area contributed by atoms with Crippen LogP contribution in [0.2, 0.25) is 0 Å². The Kier molecular flexibility index (Phi) is 6.19. The smallest absolute Gasteiger partial charge is 0.315 e. The van der Waals surface area contributed by atoms with E-state index in [2.05, 4.69) is 44.7 Å². The van der Waals surface area contributed by atoms with E-state index in [4.69, 9.17) is 9.26 Å². The van der Waals surface area contributed by atoms with Crippen molar-refractivity contribution < 1.29 is 14.1 Å². The molecule has 140 valence electrons. The van der Waals surface area contributed by atoms with Gasteiger partial charge in [0.25, 0.3) is 0 Å². The quantitative estimate of drug-likeness (QED) is 0.815. The maximum atomic E-state index is 12.1. The third-order valence-corrected chi connectivity index (χ3v) is 4.44. The summed E-state index contributed by atoms with van der Waals surface area (Å²) in [6.07, 6.45) is -0.107. The fourth-order valence-corrected chi connectivity index (χ4v) is 3.22. The molecule has 0 unspecified atom stereocenters. The van der Waals surface area contributed by atoms with Crippen molar-refractivity contribution in [3.05, 3.63) is 47.6 Å². The second kappa shape index (κ2) is 8.77. The van der Waals surface area contributed by atoms with Crippen LogP contribution in [0.15, 0.2) is 34.9 Å². The van der Waals surface area contributed by atoms with Crippen LogP contribution in [0.25, 0.3) is 0 Å². The fourth-order valence-electron chi connectivity index (χ4n) is 3.22. The van der Waals surface area contributed by atoms with Crippen molar-refractivity contribution in [3.8, 4) is 0 Å². The zero-order valence-corrected chi connectivity index (χ0v) is 15.1. The Morgan fingerprint density at radius 3 is 2.81 bits per heavy atom. The lowest BCUT2D eigenvalue weighted by atomic mass is 9.98. The van der Waals surface area contributed by atoms with Crippen LogP contribution in [0.5, 0.6) is 0 Å². The number of carbonyl (C=O) groups is 1. The number of benzene rings is 1. The summed E-state index contributed by atoms with van der Waals surface area (Å²) in [5.74, 6) is 0.925. The maximum absolute atomic E-state index is 12.1. The number of carbonyl (C=O) groups excluding carboxylic acids is 1. The van der Waals surface area contributed by atoms with Gasteiger partial charge in [-0.25, -0.2) is 4.79 Å². The number of morpholine rings is 1. The minimum atomic E-state index is -0.281. The van der Waals surface area contributed by atoms with Crippen molar-refractivity contribution in [2.45, 2.75) is 32.5 Å². The Hall–Kier alpha value is -2.45. The number of likely N-dealkylation sites (N-methyl/N-ethyl adjacent to an activating group) is 1. The van der Waals surface area contributed by atoms with Gasteiger partial charge in [0.2, 0.25) is 5.89 Å². The highest BCUT2D eigenvalue weighted by Gasteiger charge is 2.32. The van der Waals surface area contributed by atoms with E-state index < -0.39 is 0 Å². The van der Waals surface area contributed by atoms with E-state index >= 15 is 0 Å². The minimum Gasteiger partial charge on any atom is -0.373 e. The zero-order chi connectivity index (χ0) is 18.4. The van der Waals surface area contributed by atoms with E-state index in [-0.39, 0.29) is 24.7 Å². The molecule has 1 aromatic heterocycles. The Bertz CT molecular complexity index is 706. The van der Waals surface area contributed by atoms with Gasteiger partial charge in [-0.15, -0.1) is 0 Å². The number of ether oxygens (including phenoxy) is 1. The second-order valence-electron chi connectivity index (χ2n) is 6.19. The van der Waals surface area contributed by atoms with Gasteiger partial charge in [-0.2, -0.15) is 4.98 Å². The summed E-state index contributed by atoms with van der Waals surface area (Å²) >= 11 is 0. The van der Waals surface area contributed by atoms with E-state index in [1.165, 1.54) is 5.56 Å². The van der Waals surface area contributed by atoms with Crippen LogP contribution in [0.3, 0.4) is 0 Å². The lowest BCUT2D eigenvalue weighted by Crippen LogP contribution is -2.50. The summed E-state index contributed by atoms with van der Waals surface area (Å²) in [6.45, 7) is 6.97. The molecule has 1 aromatic carbocycles. The minimum absolute atomic E-state index is 0.107. The molecule has 2 N–H and O–H groups in total. The number of hydrogen-bond donors (Lipinski definition) is 2. The number of hydrogen-bond acceptors (Lipinski definition) is 6. The molecule has 2 amide bonds. The van der Waals surface area contributed by atoms with E-state index in [1.54, 1.807) is 6.92 Å². The number of aromatic nitrogens is 2. The molecule has 0 radical (unpaired) electrons. The molecule has 1 saturated heterocycles. The van der Waals surface area contributed by atoms with Crippen LogP contribution in [-0.2, 0) is 11.3 Å². The maximum Gasteiger partial charge on any atom is 0.315 e. The number of aryl methyl sites for hydroxylation is 1. The number of nitrogens with one attached hydrogen (secondary N) is 2. The number of rotatable bonds is 6. The zero-order valence-electron chi connectivity index (χ0n) is 15.1. The summed E-state index contributed by atoms with van der Waals surface area (Å²) in [6, 6.07) is 10.1. The van der Waals surface area contributed by atoms with Gasteiger partial charge in [0.05, 0.1) is 25.3 Å². The molecule has 0 bridgehead atoms. The molecule has 0 saturated carbocycles. The normalized spacial score (nSPS) is 20.7. The van der Waals surface area contributed by atoms with Crippen LogP contribution < -0.4 is 10.6 Å². The molecule has 3 rings (SSSR count). The van der Waals surface area contributed by atoms with Gasteiger partial charge in [0.15, 0.2) is 5.82 Å². The van der Waals surface area contributed by atoms with E-state index in [0.29, 0.717) is 24.9 Å². The van der Waals surface area contributed by atoms with Crippen LogP contribution in [0, 0.1) is 6.92 Å². The third-order valence-electron chi connectivity index (χ3n) is 4.44. The summed E-state index contributed by atoms with van der Waals surface area (Å²) in [5, 5.41) is 9.36. The largest absolute Gasteiger partial charge is 0.373 e. The SMILES string of the molecule is CCN1CCO[C@@H](CNC(=O)NCc2noc(C)n2)[C@@H]1c1ccccc1. The Morgan fingerprint density at radius 1 is 1.31 bits per heavy atom. The molecule has 2 atom stereocenters. The highest BCUT2D eigenvalue weighted by atomic mass is 16.5. The van der Waals surface area contributed by atoms with Crippen molar-refractivity contribution in [1.29, 1.82) is 0 Å². The summed E-state index contributed by atoms with van der Waals surface area (Å²) in [7, 11) is 0. The standard InChI is InChI=1S/C18H25N5O3/c1-3-23-9-10-25-15(17(23)14-7-5-4-6-8-14)11-19-18(24)20-12-16-21-13(2)26-22-16/h4-8,15,17H,3,9-12H2,1-2H3,(H2,19,20,24)/t15-,17-/m0/s1. The van der Waals surface area contributed by atoms with Gasteiger partial charge in [-0.1, -0.05) is 42.4 Å². The van der Waals surface area contributed by atoms with Crippen molar-refractivity contribution in [2.75, 3.05) is 26.2 Å². The predicted octanol–water partition coefficient (Wildman–Crippen LogP) is 1.64. The van der Waals surface area contributed by atoms with Crippen LogP contribution in [-0.4, -0.2) is 53.4 Å². The summed E-state index contributed by atoms with van der Waals surface area (Å²) in [5.41, 5.74) is 1.20. The predicted molar refractivity (Wildman–Crippen MR) is 95.4 cm³/mol. The number of urea groups is 1. The lowest BCUT2D eigenvalue weighted by molar-refractivity contribution is -0.0681. The van der Waals surface area contributed by atoms with Gasteiger partial charge < -0.3 is 19.9 Å².